The molecule has 1 unspecified atom stereocenters. The molecule has 0 saturated heterocycles. The van der Waals surface area contributed by atoms with Crippen LogP contribution in [0.5, 0.6) is 0 Å². The van der Waals surface area contributed by atoms with Gasteiger partial charge in [-0.05, 0) is 19.1 Å². The molecular formula is C14H13ClFNO2S. The number of aryl methyl sites for hydroxylation is 1. The van der Waals surface area contributed by atoms with Gasteiger partial charge in [0.25, 0.3) is 5.91 Å². The minimum Gasteiger partial charge on any atom is -0.394 e. The van der Waals surface area contributed by atoms with Crippen molar-refractivity contribution in [1.82, 2.24) is 5.32 Å². The normalized spacial score (nSPS) is 12.2. The first-order chi connectivity index (χ1) is 9.52. The molecule has 0 bridgehead atoms. The molecule has 0 aliphatic heterocycles. The van der Waals surface area contributed by atoms with Gasteiger partial charge in [0, 0.05) is 15.8 Å². The molecule has 20 heavy (non-hydrogen) atoms. The van der Waals surface area contributed by atoms with E-state index in [4.69, 9.17) is 11.6 Å². The van der Waals surface area contributed by atoms with Gasteiger partial charge < -0.3 is 10.4 Å². The van der Waals surface area contributed by atoms with Crippen molar-refractivity contribution in [3.8, 4) is 0 Å². The van der Waals surface area contributed by atoms with E-state index in [1.807, 2.05) is 6.92 Å². The molecule has 6 heteroatoms. The third-order valence-corrected chi connectivity index (χ3v) is 3.99. The molecule has 0 fully saturated rings. The van der Waals surface area contributed by atoms with E-state index in [2.05, 4.69) is 5.32 Å². The third kappa shape index (κ3) is 3.17. The van der Waals surface area contributed by atoms with Gasteiger partial charge in [0.2, 0.25) is 0 Å². The summed E-state index contributed by atoms with van der Waals surface area (Å²) >= 11 is 7.15. The molecule has 106 valence electrons. The maximum Gasteiger partial charge on any atom is 0.252 e. The van der Waals surface area contributed by atoms with Gasteiger partial charge in [0.05, 0.1) is 23.2 Å². The highest BCUT2D eigenvalue weighted by atomic mass is 35.5. The van der Waals surface area contributed by atoms with Crippen molar-refractivity contribution in [3.63, 3.8) is 0 Å². The average molecular weight is 314 g/mol. The lowest BCUT2D eigenvalue weighted by molar-refractivity contribution is 0.0915. The number of benzene rings is 1. The lowest BCUT2D eigenvalue weighted by atomic mass is 10.1. The maximum absolute atomic E-state index is 13.9. The Hall–Kier alpha value is -1.43. The van der Waals surface area contributed by atoms with Crippen molar-refractivity contribution >= 4 is 28.8 Å². The number of rotatable bonds is 4. The molecule has 0 aliphatic rings. The Morgan fingerprint density at radius 3 is 2.90 bits per heavy atom. The first-order valence-corrected chi connectivity index (χ1v) is 7.19. The standard InChI is InChI=1S/C14H13ClFNO2S/c1-8-5-9(7-20-8)14(19)17-12(6-18)10-3-2-4-11(15)13(10)16/h2-5,7,12,18H,6H2,1H3,(H,17,19). The van der Waals surface area contributed by atoms with Gasteiger partial charge in [-0.2, -0.15) is 0 Å². The molecule has 1 aromatic heterocycles. The van der Waals surface area contributed by atoms with E-state index >= 15 is 0 Å². The van der Waals surface area contributed by atoms with Crippen LogP contribution in [0.25, 0.3) is 0 Å². The minimum absolute atomic E-state index is 0.0402. The quantitative estimate of drug-likeness (QED) is 0.910. The summed E-state index contributed by atoms with van der Waals surface area (Å²) in [5, 5.41) is 13.6. The largest absolute Gasteiger partial charge is 0.394 e. The fraction of sp³-hybridized carbons (Fsp3) is 0.214. The first kappa shape index (κ1) is 15.0. The molecule has 2 rings (SSSR count). The van der Waals surface area contributed by atoms with Crippen LogP contribution < -0.4 is 5.32 Å². The number of halogens is 2. The molecule has 1 atom stereocenters. The minimum atomic E-state index is -0.832. The summed E-state index contributed by atoms with van der Waals surface area (Å²) in [6.07, 6.45) is 0. The van der Waals surface area contributed by atoms with Gasteiger partial charge >= 0.3 is 0 Å². The van der Waals surface area contributed by atoms with Crippen LogP contribution in [-0.2, 0) is 0 Å². The highest BCUT2D eigenvalue weighted by molar-refractivity contribution is 7.10. The van der Waals surface area contributed by atoms with Gasteiger partial charge in [-0.1, -0.05) is 23.7 Å². The zero-order valence-corrected chi connectivity index (χ0v) is 12.3. The number of hydrogen-bond acceptors (Lipinski definition) is 3. The van der Waals surface area contributed by atoms with E-state index in [9.17, 15) is 14.3 Å². The van der Waals surface area contributed by atoms with E-state index in [1.165, 1.54) is 23.5 Å². The number of aliphatic hydroxyl groups is 1. The highest BCUT2D eigenvalue weighted by Crippen LogP contribution is 2.24. The van der Waals surface area contributed by atoms with Crippen molar-refractivity contribution in [3.05, 3.63) is 56.5 Å². The van der Waals surface area contributed by atoms with Crippen LogP contribution in [0, 0.1) is 12.7 Å². The number of amides is 1. The topological polar surface area (TPSA) is 49.3 Å². The van der Waals surface area contributed by atoms with Gasteiger partial charge in [-0.15, -0.1) is 11.3 Å². The molecule has 1 aromatic carbocycles. The second-order valence-electron chi connectivity index (χ2n) is 4.30. The van der Waals surface area contributed by atoms with Crippen LogP contribution in [0.15, 0.2) is 29.6 Å². The first-order valence-electron chi connectivity index (χ1n) is 5.93. The maximum atomic E-state index is 13.9. The molecule has 2 aromatic rings. The smallest absolute Gasteiger partial charge is 0.252 e. The Morgan fingerprint density at radius 1 is 1.55 bits per heavy atom. The average Bonchev–Trinajstić information content (AvgIpc) is 2.86. The van der Waals surface area contributed by atoms with Crippen LogP contribution in [0.3, 0.4) is 0 Å². The van der Waals surface area contributed by atoms with Crippen molar-refractivity contribution in [2.75, 3.05) is 6.61 Å². The number of carbonyl (C=O) groups is 1. The number of nitrogens with one attached hydrogen (secondary N) is 1. The van der Waals surface area contributed by atoms with Crippen LogP contribution in [0.2, 0.25) is 5.02 Å². The number of hydrogen-bond donors (Lipinski definition) is 2. The third-order valence-electron chi connectivity index (χ3n) is 2.84. The SMILES string of the molecule is Cc1cc(C(=O)NC(CO)c2cccc(Cl)c2F)cs1. The Labute approximate surface area is 125 Å². The molecule has 1 amide bonds. The summed E-state index contributed by atoms with van der Waals surface area (Å²) in [6, 6.07) is 5.38. The summed E-state index contributed by atoms with van der Waals surface area (Å²) in [5.74, 6) is -0.984. The van der Waals surface area contributed by atoms with E-state index in [-0.39, 0.29) is 16.5 Å². The van der Waals surface area contributed by atoms with Gasteiger partial charge in [0.1, 0.15) is 5.82 Å². The number of carbonyl (C=O) groups excluding carboxylic acids is 1. The molecule has 1 heterocycles. The monoisotopic (exact) mass is 313 g/mol. The van der Waals surface area contributed by atoms with Crippen LogP contribution in [-0.4, -0.2) is 17.6 Å². The summed E-state index contributed by atoms with van der Waals surface area (Å²) < 4.78 is 13.9. The zero-order valence-electron chi connectivity index (χ0n) is 10.7. The number of thiophene rings is 1. The summed E-state index contributed by atoms with van der Waals surface area (Å²) in [6.45, 7) is 1.48. The highest BCUT2D eigenvalue weighted by Gasteiger charge is 2.20. The van der Waals surface area contributed by atoms with Gasteiger partial charge in [0.15, 0.2) is 0 Å². The fourth-order valence-corrected chi connectivity index (χ4v) is 2.68. The molecule has 0 spiro atoms. The fourth-order valence-electron chi connectivity index (χ4n) is 1.82. The lowest BCUT2D eigenvalue weighted by Gasteiger charge is -2.17. The van der Waals surface area contributed by atoms with Gasteiger partial charge in [-0.25, -0.2) is 4.39 Å². The van der Waals surface area contributed by atoms with Crippen LogP contribution in [0.1, 0.15) is 26.8 Å². The van der Waals surface area contributed by atoms with Crippen LogP contribution in [0.4, 0.5) is 4.39 Å². The van der Waals surface area contributed by atoms with E-state index in [0.717, 1.165) is 4.88 Å². The molecule has 3 nitrogen and oxygen atoms in total. The summed E-state index contributed by atoms with van der Waals surface area (Å²) in [4.78, 5) is 13.0. The predicted octanol–water partition coefficient (Wildman–Crippen LogP) is 3.31. The summed E-state index contributed by atoms with van der Waals surface area (Å²) in [5.41, 5.74) is 0.661. The van der Waals surface area contributed by atoms with E-state index < -0.39 is 18.5 Å². The number of aliphatic hydroxyl groups excluding tert-OH is 1. The lowest BCUT2D eigenvalue weighted by Crippen LogP contribution is -2.31. The van der Waals surface area contributed by atoms with Crippen molar-refractivity contribution in [1.29, 1.82) is 0 Å². The van der Waals surface area contributed by atoms with Crippen molar-refractivity contribution in [2.24, 2.45) is 0 Å². The molecule has 0 radical (unpaired) electrons. The Morgan fingerprint density at radius 2 is 2.30 bits per heavy atom. The molecular weight excluding hydrogens is 301 g/mol. The van der Waals surface area contributed by atoms with Crippen LogP contribution >= 0.6 is 22.9 Å². The van der Waals surface area contributed by atoms with Crippen molar-refractivity contribution in [2.45, 2.75) is 13.0 Å². The Bertz CT molecular complexity index is 629. The Balaban J connectivity index is 2.21. The second kappa shape index (κ2) is 6.35. The van der Waals surface area contributed by atoms with Gasteiger partial charge in [-0.3, -0.25) is 4.79 Å². The van der Waals surface area contributed by atoms with E-state index in [0.29, 0.717) is 5.56 Å². The zero-order chi connectivity index (χ0) is 14.7. The Kier molecular flexibility index (Phi) is 4.75. The second-order valence-corrected chi connectivity index (χ2v) is 5.82. The predicted molar refractivity (Wildman–Crippen MR) is 77.8 cm³/mol. The molecule has 2 N–H and O–H groups in total. The van der Waals surface area contributed by atoms with Crippen molar-refractivity contribution < 1.29 is 14.3 Å². The molecule has 0 saturated carbocycles. The molecule has 0 aliphatic carbocycles. The van der Waals surface area contributed by atoms with E-state index in [1.54, 1.807) is 17.5 Å². The summed E-state index contributed by atoms with van der Waals surface area (Å²) in [7, 11) is 0.